The summed E-state index contributed by atoms with van der Waals surface area (Å²) in [5.74, 6) is 0.121. The number of carbonyl (C=O) groups is 2. The van der Waals surface area contributed by atoms with Crippen LogP contribution >= 0.6 is 11.3 Å². The maximum absolute atomic E-state index is 12.6. The molecule has 0 saturated carbocycles. The van der Waals surface area contributed by atoms with Gasteiger partial charge in [0.15, 0.2) is 0 Å². The Morgan fingerprint density at radius 1 is 1.48 bits per heavy atom. The van der Waals surface area contributed by atoms with Crippen LogP contribution in [-0.4, -0.2) is 40.3 Å². The van der Waals surface area contributed by atoms with E-state index >= 15 is 0 Å². The van der Waals surface area contributed by atoms with E-state index < -0.39 is 12.1 Å². The van der Waals surface area contributed by atoms with E-state index in [1.165, 1.54) is 0 Å². The average Bonchev–Trinajstić information content (AvgIpc) is 2.87. The van der Waals surface area contributed by atoms with Crippen molar-refractivity contribution in [1.82, 2.24) is 15.2 Å². The van der Waals surface area contributed by atoms with Crippen molar-refractivity contribution < 1.29 is 9.59 Å². The molecule has 1 aliphatic rings. The number of nitrogens with one attached hydrogen (secondary N) is 1. The minimum atomic E-state index is -0.405. The third-order valence-electron chi connectivity index (χ3n) is 4.18. The average molecular weight is 309 g/mol. The number of hydrogen-bond acceptors (Lipinski definition) is 4. The molecule has 5 nitrogen and oxygen atoms in total. The molecule has 2 heterocycles. The van der Waals surface area contributed by atoms with Crippen LogP contribution < -0.4 is 5.32 Å². The fraction of sp³-hybridized carbons (Fsp3) is 0.667. The molecule has 1 aromatic rings. The van der Waals surface area contributed by atoms with Crippen LogP contribution in [0.5, 0.6) is 0 Å². The van der Waals surface area contributed by atoms with Crippen molar-refractivity contribution >= 4 is 23.2 Å². The number of nitrogens with zero attached hydrogens (tertiary/aromatic N) is 2. The lowest BCUT2D eigenvalue weighted by Gasteiger charge is -2.39. The van der Waals surface area contributed by atoms with Crippen LogP contribution in [-0.2, 0) is 16.0 Å². The van der Waals surface area contributed by atoms with Gasteiger partial charge in [0.1, 0.15) is 12.1 Å². The van der Waals surface area contributed by atoms with Crippen molar-refractivity contribution in [2.45, 2.75) is 52.6 Å². The molecular formula is C15H23N3O2S. The maximum atomic E-state index is 12.6. The Bertz CT molecular complexity index is 529. The summed E-state index contributed by atoms with van der Waals surface area (Å²) in [6.45, 7) is 8.33. The van der Waals surface area contributed by atoms with Crippen LogP contribution in [0.25, 0.3) is 0 Å². The highest BCUT2D eigenvalue weighted by molar-refractivity contribution is 7.09. The normalized spacial score (nSPS) is 24.1. The Morgan fingerprint density at radius 2 is 2.19 bits per heavy atom. The molecule has 116 valence electrons. The summed E-state index contributed by atoms with van der Waals surface area (Å²) < 4.78 is 0. The lowest BCUT2D eigenvalue weighted by atomic mass is 9.94. The quantitative estimate of drug-likeness (QED) is 0.901. The first-order valence-electron chi connectivity index (χ1n) is 7.45. The predicted molar refractivity (Wildman–Crippen MR) is 83.1 cm³/mol. The Hall–Kier alpha value is -1.43. The number of piperazine rings is 1. The molecule has 3 unspecified atom stereocenters. The smallest absolute Gasteiger partial charge is 0.246 e. The van der Waals surface area contributed by atoms with E-state index in [1.54, 1.807) is 23.2 Å². The van der Waals surface area contributed by atoms with E-state index in [0.717, 1.165) is 17.1 Å². The van der Waals surface area contributed by atoms with Gasteiger partial charge in [-0.15, -0.1) is 11.3 Å². The number of amides is 2. The number of hydrogen-bond donors (Lipinski definition) is 1. The summed E-state index contributed by atoms with van der Waals surface area (Å²) >= 11 is 1.61. The van der Waals surface area contributed by atoms with Gasteiger partial charge in [-0.05, 0) is 19.8 Å². The Morgan fingerprint density at radius 3 is 2.76 bits per heavy atom. The fourth-order valence-corrected chi connectivity index (χ4v) is 3.18. The van der Waals surface area contributed by atoms with Gasteiger partial charge in [-0.3, -0.25) is 9.59 Å². The molecule has 2 amide bonds. The van der Waals surface area contributed by atoms with Gasteiger partial charge in [-0.1, -0.05) is 20.3 Å². The van der Waals surface area contributed by atoms with Gasteiger partial charge in [0.2, 0.25) is 11.8 Å². The fourth-order valence-electron chi connectivity index (χ4n) is 2.53. The van der Waals surface area contributed by atoms with Crippen LogP contribution in [0.2, 0.25) is 0 Å². The zero-order chi connectivity index (χ0) is 15.6. The van der Waals surface area contributed by atoms with E-state index in [0.29, 0.717) is 13.0 Å². The summed E-state index contributed by atoms with van der Waals surface area (Å²) in [5.41, 5.74) is 0.989. The van der Waals surface area contributed by atoms with Crippen LogP contribution in [0.3, 0.4) is 0 Å². The van der Waals surface area contributed by atoms with Gasteiger partial charge in [-0.25, -0.2) is 4.98 Å². The van der Waals surface area contributed by atoms with E-state index in [4.69, 9.17) is 0 Å². The Kier molecular flexibility index (Phi) is 4.98. The van der Waals surface area contributed by atoms with Crippen LogP contribution in [0.1, 0.15) is 37.9 Å². The van der Waals surface area contributed by atoms with E-state index in [2.05, 4.69) is 10.3 Å². The summed E-state index contributed by atoms with van der Waals surface area (Å²) in [6.07, 6.45) is 1.56. The molecule has 0 spiro atoms. The molecule has 3 atom stereocenters. The summed E-state index contributed by atoms with van der Waals surface area (Å²) in [6, 6.07) is -0.798. The van der Waals surface area contributed by atoms with Crippen molar-refractivity contribution in [2.24, 2.45) is 5.92 Å². The topological polar surface area (TPSA) is 62.3 Å². The van der Waals surface area contributed by atoms with Crippen molar-refractivity contribution in [3.05, 3.63) is 16.1 Å². The van der Waals surface area contributed by atoms with Crippen LogP contribution in [0, 0.1) is 12.8 Å². The predicted octanol–water partition coefficient (Wildman–Crippen LogP) is 1.76. The number of aryl methyl sites for hydroxylation is 1. The zero-order valence-corrected chi connectivity index (χ0v) is 13.9. The third-order valence-corrected chi connectivity index (χ3v) is 5.00. The molecule has 1 aliphatic heterocycles. The number of aromatic nitrogens is 1. The molecule has 1 aromatic heterocycles. The summed E-state index contributed by atoms with van der Waals surface area (Å²) in [5, 5.41) is 5.90. The first kappa shape index (κ1) is 15.9. The van der Waals surface area contributed by atoms with Gasteiger partial charge in [0.05, 0.1) is 10.7 Å². The zero-order valence-electron chi connectivity index (χ0n) is 13.0. The van der Waals surface area contributed by atoms with Crippen molar-refractivity contribution in [3.8, 4) is 0 Å². The van der Waals surface area contributed by atoms with Crippen molar-refractivity contribution in [2.75, 3.05) is 6.54 Å². The lowest BCUT2D eigenvalue weighted by Crippen LogP contribution is -2.64. The van der Waals surface area contributed by atoms with Gasteiger partial charge in [0.25, 0.3) is 0 Å². The second-order valence-electron chi connectivity index (χ2n) is 5.69. The largest absolute Gasteiger partial charge is 0.342 e. The molecule has 0 aromatic carbocycles. The summed E-state index contributed by atoms with van der Waals surface area (Å²) in [4.78, 5) is 30.8. The van der Waals surface area contributed by atoms with E-state index in [1.807, 2.05) is 26.2 Å². The van der Waals surface area contributed by atoms with Crippen LogP contribution in [0.15, 0.2) is 5.38 Å². The van der Waals surface area contributed by atoms with Gasteiger partial charge in [0, 0.05) is 18.3 Å². The van der Waals surface area contributed by atoms with Gasteiger partial charge < -0.3 is 10.2 Å². The molecular weight excluding hydrogens is 286 g/mol. The second-order valence-corrected chi connectivity index (χ2v) is 6.75. The maximum Gasteiger partial charge on any atom is 0.246 e. The highest BCUT2D eigenvalue weighted by Gasteiger charge is 2.39. The number of carbonyl (C=O) groups excluding carboxylic acids is 2. The Balaban J connectivity index is 2.07. The SMILES string of the molecule is CCC(C)C1NC(=O)C(C)N(CCc2csc(C)n2)C1=O. The van der Waals surface area contributed by atoms with Gasteiger partial charge in [-0.2, -0.15) is 0 Å². The number of thiazole rings is 1. The molecule has 1 fully saturated rings. The molecule has 0 radical (unpaired) electrons. The molecule has 1 saturated heterocycles. The standard InChI is InChI=1S/C15H23N3O2S/c1-5-9(2)13-15(20)18(10(3)14(19)17-13)7-6-12-8-21-11(4)16-12/h8-10,13H,5-7H2,1-4H3,(H,17,19). The minimum Gasteiger partial charge on any atom is -0.342 e. The van der Waals surface area contributed by atoms with E-state index in [9.17, 15) is 9.59 Å². The monoisotopic (exact) mass is 309 g/mol. The molecule has 1 N–H and O–H groups in total. The first-order chi connectivity index (χ1) is 9.93. The molecule has 0 aliphatic carbocycles. The first-order valence-corrected chi connectivity index (χ1v) is 8.33. The highest BCUT2D eigenvalue weighted by atomic mass is 32.1. The van der Waals surface area contributed by atoms with Crippen molar-refractivity contribution in [1.29, 1.82) is 0 Å². The minimum absolute atomic E-state index is 0.0309. The molecule has 6 heteroatoms. The molecule has 21 heavy (non-hydrogen) atoms. The Labute approximate surface area is 129 Å². The molecule has 0 bridgehead atoms. The molecule has 2 rings (SSSR count). The summed E-state index contributed by atoms with van der Waals surface area (Å²) in [7, 11) is 0. The highest BCUT2D eigenvalue weighted by Crippen LogP contribution is 2.18. The van der Waals surface area contributed by atoms with Crippen LogP contribution in [0.4, 0.5) is 0 Å². The van der Waals surface area contributed by atoms with Gasteiger partial charge >= 0.3 is 0 Å². The number of rotatable bonds is 5. The van der Waals surface area contributed by atoms with E-state index in [-0.39, 0.29) is 17.7 Å². The lowest BCUT2D eigenvalue weighted by molar-refractivity contribution is -0.150. The second kappa shape index (κ2) is 6.56. The third kappa shape index (κ3) is 3.43. The van der Waals surface area contributed by atoms with Crippen molar-refractivity contribution in [3.63, 3.8) is 0 Å².